The van der Waals surface area contributed by atoms with Gasteiger partial charge in [-0.2, -0.15) is 5.26 Å². The van der Waals surface area contributed by atoms with Gasteiger partial charge in [-0.05, 0) is 68.2 Å². The van der Waals surface area contributed by atoms with Crippen LogP contribution in [-0.4, -0.2) is 32.3 Å². The number of thiophene rings is 1. The number of halogens is 2. The highest BCUT2D eigenvalue weighted by Gasteiger charge is 2.32. The predicted octanol–water partition coefficient (Wildman–Crippen LogP) is 6.91. The van der Waals surface area contributed by atoms with Crippen LogP contribution < -0.4 is 10.6 Å². The van der Waals surface area contributed by atoms with E-state index >= 15 is 0 Å². The molecule has 1 aliphatic carbocycles. The van der Waals surface area contributed by atoms with E-state index in [0.717, 1.165) is 24.8 Å². The molecule has 1 aliphatic rings. The number of hydrogen-bond acceptors (Lipinski definition) is 7. The zero-order chi connectivity index (χ0) is 29.2. The number of fused-ring (bicyclic) bond motifs is 1. The number of carbonyl (C=O) groups is 2. The molecule has 0 bridgehead atoms. The second-order valence-electron chi connectivity index (χ2n) is 10.9. The fourth-order valence-electron chi connectivity index (χ4n) is 4.83. The van der Waals surface area contributed by atoms with Gasteiger partial charge in [-0.15, -0.1) is 21.5 Å². The number of thioether (sulfide) groups is 1. The number of amides is 2. The molecule has 2 amide bonds. The Hall–Kier alpha value is -2.58. The maximum atomic E-state index is 12.9. The number of anilines is 1. The van der Waals surface area contributed by atoms with E-state index in [1.54, 1.807) is 12.1 Å². The summed E-state index contributed by atoms with van der Waals surface area (Å²) in [7, 11) is 0. The van der Waals surface area contributed by atoms with Crippen molar-refractivity contribution in [2.24, 2.45) is 11.3 Å². The number of nitrogens with zero attached hydrogens (tertiary/aromatic N) is 4. The highest BCUT2D eigenvalue weighted by Crippen LogP contribution is 2.44. The van der Waals surface area contributed by atoms with Crippen molar-refractivity contribution in [2.75, 3.05) is 11.1 Å². The number of nitriles is 1. The minimum absolute atomic E-state index is 0.111. The third kappa shape index (κ3) is 6.65. The van der Waals surface area contributed by atoms with E-state index in [-0.39, 0.29) is 23.0 Å². The maximum absolute atomic E-state index is 12.9. The number of rotatable bonds is 8. The number of hydrogen-bond donors (Lipinski definition) is 2. The molecule has 212 valence electrons. The average Bonchev–Trinajstić information content (AvgIpc) is 3.48. The molecule has 0 saturated heterocycles. The van der Waals surface area contributed by atoms with Crippen molar-refractivity contribution in [3.63, 3.8) is 0 Å². The van der Waals surface area contributed by atoms with Crippen molar-refractivity contribution in [1.82, 2.24) is 20.1 Å². The number of carbonyl (C=O) groups excluding carboxylic acids is 2. The quantitative estimate of drug-likeness (QED) is 0.265. The second kappa shape index (κ2) is 12.5. The highest BCUT2D eigenvalue weighted by atomic mass is 35.5. The number of aromatic nitrogens is 3. The first-order valence-corrected chi connectivity index (χ1v) is 15.6. The molecule has 2 atom stereocenters. The molecule has 8 nitrogen and oxygen atoms in total. The number of benzene rings is 1. The van der Waals surface area contributed by atoms with E-state index in [2.05, 4.69) is 47.7 Å². The first kappa shape index (κ1) is 30.4. The highest BCUT2D eigenvalue weighted by molar-refractivity contribution is 7.99. The summed E-state index contributed by atoms with van der Waals surface area (Å²) in [5.74, 6) is 0.715. The van der Waals surface area contributed by atoms with E-state index in [0.29, 0.717) is 49.6 Å². The van der Waals surface area contributed by atoms with E-state index < -0.39 is 6.04 Å². The molecule has 1 aromatic carbocycles. The molecule has 2 aromatic heterocycles. The molecule has 0 unspecified atom stereocenters. The lowest BCUT2D eigenvalue weighted by atomic mass is 9.72. The van der Waals surface area contributed by atoms with Crippen LogP contribution >= 0.6 is 46.3 Å². The molecule has 0 fully saturated rings. The van der Waals surface area contributed by atoms with E-state index in [4.69, 9.17) is 23.2 Å². The van der Waals surface area contributed by atoms with Crippen LogP contribution in [0.15, 0.2) is 23.4 Å². The second-order valence-corrected chi connectivity index (χ2v) is 13.7. The lowest BCUT2D eigenvalue weighted by Gasteiger charge is -2.33. The Morgan fingerprint density at radius 3 is 2.67 bits per heavy atom. The van der Waals surface area contributed by atoms with Crippen molar-refractivity contribution in [3.05, 3.63) is 55.6 Å². The van der Waals surface area contributed by atoms with Crippen LogP contribution in [0.4, 0.5) is 5.00 Å². The zero-order valence-electron chi connectivity index (χ0n) is 23.1. The van der Waals surface area contributed by atoms with Crippen molar-refractivity contribution in [2.45, 2.75) is 71.6 Å². The Morgan fingerprint density at radius 1 is 1.27 bits per heavy atom. The molecule has 0 radical (unpaired) electrons. The monoisotopic (exact) mass is 618 g/mol. The van der Waals surface area contributed by atoms with Crippen LogP contribution in [0.25, 0.3) is 0 Å². The normalized spacial score (nSPS) is 15.7. The van der Waals surface area contributed by atoms with Gasteiger partial charge in [0, 0.05) is 17.0 Å². The smallest absolute Gasteiger partial charge is 0.251 e. The Morgan fingerprint density at radius 2 is 2.02 bits per heavy atom. The third-order valence-electron chi connectivity index (χ3n) is 7.17. The van der Waals surface area contributed by atoms with Gasteiger partial charge >= 0.3 is 0 Å². The van der Waals surface area contributed by atoms with Gasteiger partial charge in [-0.3, -0.25) is 9.59 Å². The summed E-state index contributed by atoms with van der Waals surface area (Å²) in [6, 6.07) is 6.57. The average molecular weight is 620 g/mol. The molecule has 0 saturated carbocycles. The topological polar surface area (TPSA) is 113 Å². The fourth-order valence-corrected chi connectivity index (χ4v) is 7.23. The molecule has 2 heterocycles. The van der Waals surface area contributed by atoms with Crippen molar-refractivity contribution in [1.29, 1.82) is 5.26 Å². The minimum atomic E-state index is -0.440. The van der Waals surface area contributed by atoms with E-state index in [9.17, 15) is 14.9 Å². The van der Waals surface area contributed by atoms with Crippen LogP contribution in [-0.2, 0) is 24.2 Å². The van der Waals surface area contributed by atoms with Crippen LogP contribution in [0.1, 0.15) is 79.3 Å². The molecular formula is C28H32Cl2N6O2S2. The van der Waals surface area contributed by atoms with Gasteiger partial charge in [0.25, 0.3) is 5.91 Å². The van der Waals surface area contributed by atoms with Crippen molar-refractivity contribution >= 4 is 63.1 Å². The third-order valence-corrected chi connectivity index (χ3v) is 10.0. The zero-order valence-corrected chi connectivity index (χ0v) is 26.2. The lowest BCUT2D eigenvalue weighted by molar-refractivity contribution is -0.113. The van der Waals surface area contributed by atoms with Crippen molar-refractivity contribution in [3.8, 4) is 6.07 Å². The molecule has 12 heteroatoms. The van der Waals surface area contributed by atoms with Crippen LogP contribution in [0.2, 0.25) is 10.0 Å². The fraction of sp³-hybridized carbons (Fsp3) is 0.464. The van der Waals surface area contributed by atoms with Gasteiger partial charge in [-0.1, -0.05) is 55.7 Å². The minimum Gasteiger partial charge on any atom is -0.342 e. The van der Waals surface area contributed by atoms with Crippen LogP contribution in [0.5, 0.6) is 0 Å². The SMILES string of the molecule is CCn1c(SCC(=O)Nc2sc3c(c2C#N)CC[C@H](C(C)(C)C)C3)nnc1[C@@H](C)NC(=O)c1ccc(Cl)c(Cl)c1. The van der Waals surface area contributed by atoms with Gasteiger partial charge in [0.1, 0.15) is 11.1 Å². The summed E-state index contributed by atoms with van der Waals surface area (Å²) in [4.78, 5) is 26.9. The standard InChI is InChI=1S/C28H32Cl2N6O2S2/c1-6-36-24(15(2)32-25(38)16-7-10-20(29)21(30)11-16)34-35-27(36)39-14-23(37)33-26-19(13-31)18-9-8-17(28(3,4)5)12-22(18)40-26/h7,10-11,15,17H,6,8-9,12,14H2,1-5H3,(H,32,38)(H,33,37)/t15-,17+/m1/s1. The molecule has 0 spiro atoms. The Labute approximate surface area is 252 Å². The van der Waals surface area contributed by atoms with Crippen LogP contribution in [0.3, 0.4) is 0 Å². The molecule has 4 rings (SSSR count). The molecule has 3 aromatic rings. The van der Waals surface area contributed by atoms with Gasteiger partial charge < -0.3 is 15.2 Å². The summed E-state index contributed by atoms with van der Waals surface area (Å²) in [5.41, 5.74) is 2.27. The summed E-state index contributed by atoms with van der Waals surface area (Å²) >= 11 is 14.8. The molecular weight excluding hydrogens is 587 g/mol. The lowest BCUT2D eigenvalue weighted by Crippen LogP contribution is -2.28. The van der Waals surface area contributed by atoms with Gasteiger partial charge in [0.05, 0.1) is 27.4 Å². The Balaban J connectivity index is 1.40. The molecule has 0 aliphatic heterocycles. The van der Waals surface area contributed by atoms with E-state index in [1.165, 1.54) is 34.0 Å². The van der Waals surface area contributed by atoms with Gasteiger partial charge in [0.2, 0.25) is 5.91 Å². The summed E-state index contributed by atoms with van der Waals surface area (Å²) < 4.78 is 1.87. The van der Waals surface area contributed by atoms with Crippen molar-refractivity contribution < 1.29 is 9.59 Å². The molecule has 2 N–H and O–H groups in total. The summed E-state index contributed by atoms with van der Waals surface area (Å²) in [6.07, 6.45) is 2.85. The summed E-state index contributed by atoms with van der Waals surface area (Å²) in [6.45, 7) is 11.1. The summed E-state index contributed by atoms with van der Waals surface area (Å²) in [5, 5.41) is 26.1. The number of nitrogens with one attached hydrogen (secondary N) is 2. The Kier molecular flexibility index (Phi) is 9.51. The van der Waals surface area contributed by atoms with Gasteiger partial charge in [-0.25, -0.2) is 0 Å². The maximum Gasteiger partial charge on any atom is 0.251 e. The van der Waals surface area contributed by atoms with E-state index in [1.807, 2.05) is 18.4 Å². The largest absolute Gasteiger partial charge is 0.342 e. The van der Waals surface area contributed by atoms with Gasteiger partial charge in [0.15, 0.2) is 11.0 Å². The Bertz CT molecular complexity index is 1470. The first-order chi connectivity index (χ1) is 18.9. The van der Waals surface area contributed by atoms with Crippen LogP contribution in [0, 0.1) is 22.7 Å². The first-order valence-electron chi connectivity index (χ1n) is 13.1. The predicted molar refractivity (Wildman–Crippen MR) is 161 cm³/mol. The molecule has 40 heavy (non-hydrogen) atoms.